The smallest absolute Gasteiger partial charge is 0.247 e. The van der Waals surface area contributed by atoms with Crippen molar-refractivity contribution in [2.45, 2.75) is 31.2 Å². The Bertz CT molecular complexity index is 878. The number of halogens is 1. The highest BCUT2D eigenvalue weighted by molar-refractivity contribution is 5.90. The number of nitrogens with one attached hydrogen (secondary N) is 1. The number of ether oxygens (including phenoxy) is 1. The van der Waals surface area contributed by atoms with Gasteiger partial charge in [-0.1, -0.05) is 24.3 Å². The molecule has 1 N–H and O–H groups in total. The third-order valence-electron chi connectivity index (χ3n) is 5.85. The Morgan fingerprint density at radius 2 is 1.86 bits per heavy atom. The molecule has 4 rings (SSSR count). The lowest BCUT2D eigenvalue weighted by atomic mass is 9.89. The maximum Gasteiger partial charge on any atom is 0.247 e. The van der Waals surface area contributed by atoms with Crippen LogP contribution in [0.4, 0.5) is 4.39 Å². The predicted octanol–water partition coefficient (Wildman–Crippen LogP) is 3.42. The van der Waals surface area contributed by atoms with Gasteiger partial charge in [0.1, 0.15) is 17.6 Å². The molecule has 1 aliphatic carbocycles. The van der Waals surface area contributed by atoms with E-state index in [9.17, 15) is 14.0 Å². The molecular formula is C23H25FN2O3. The molecule has 29 heavy (non-hydrogen) atoms. The van der Waals surface area contributed by atoms with Crippen molar-refractivity contribution >= 4 is 11.8 Å². The van der Waals surface area contributed by atoms with Crippen LogP contribution in [0.15, 0.2) is 48.5 Å². The summed E-state index contributed by atoms with van der Waals surface area (Å²) < 4.78 is 18.6. The van der Waals surface area contributed by atoms with Gasteiger partial charge in [-0.25, -0.2) is 4.39 Å². The molecule has 152 valence electrons. The van der Waals surface area contributed by atoms with E-state index in [1.165, 1.54) is 12.1 Å². The average Bonchev–Trinajstić information content (AvgIpc) is 3.58. The van der Waals surface area contributed by atoms with Gasteiger partial charge in [-0.2, -0.15) is 0 Å². The highest BCUT2D eigenvalue weighted by Gasteiger charge is 2.38. The number of carbonyl (C=O) groups is 2. The Labute approximate surface area is 169 Å². The summed E-state index contributed by atoms with van der Waals surface area (Å²) in [5, 5.41) is 2.82. The standard InChI is InChI=1S/C23H25FN2O3/c1-29-19-10-6-16(7-11-19)20(15-2-3-15)14-21(27)26-13-12-25-23(28)22(26)17-4-8-18(24)9-5-17/h4-11,15,20,22H,2-3,12-14H2,1H3,(H,25,28). The van der Waals surface area contributed by atoms with Gasteiger partial charge in [0.25, 0.3) is 0 Å². The predicted molar refractivity (Wildman–Crippen MR) is 107 cm³/mol. The monoisotopic (exact) mass is 396 g/mol. The lowest BCUT2D eigenvalue weighted by Gasteiger charge is -2.36. The zero-order chi connectivity index (χ0) is 20.4. The zero-order valence-electron chi connectivity index (χ0n) is 16.4. The Morgan fingerprint density at radius 3 is 2.48 bits per heavy atom. The van der Waals surface area contributed by atoms with Crippen molar-refractivity contribution in [2.24, 2.45) is 5.92 Å². The maximum absolute atomic E-state index is 13.3. The van der Waals surface area contributed by atoms with Crippen LogP contribution in [-0.4, -0.2) is 36.9 Å². The van der Waals surface area contributed by atoms with Crippen molar-refractivity contribution in [1.82, 2.24) is 10.2 Å². The summed E-state index contributed by atoms with van der Waals surface area (Å²) in [5.41, 5.74) is 1.76. The van der Waals surface area contributed by atoms with E-state index in [0.717, 1.165) is 24.2 Å². The van der Waals surface area contributed by atoms with Gasteiger partial charge in [0.15, 0.2) is 0 Å². The minimum Gasteiger partial charge on any atom is -0.497 e. The quantitative estimate of drug-likeness (QED) is 0.814. The first-order valence-corrected chi connectivity index (χ1v) is 10.0. The van der Waals surface area contributed by atoms with Crippen molar-refractivity contribution in [1.29, 1.82) is 0 Å². The van der Waals surface area contributed by atoms with E-state index < -0.39 is 6.04 Å². The van der Waals surface area contributed by atoms with Gasteiger partial charge < -0.3 is 15.0 Å². The van der Waals surface area contributed by atoms with Crippen LogP contribution in [-0.2, 0) is 9.59 Å². The molecule has 0 radical (unpaired) electrons. The second-order valence-electron chi connectivity index (χ2n) is 7.75. The first-order chi connectivity index (χ1) is 14.1. The first-order valence-electron chi connectivity index (χ1n) is 10.0. The van der Waals surface area contributed by atoms with Gasteiger partial charge in [0.2, 0.25) is 11.8 Å². The molecule has 0 spiro atoms. The molecular weight excluding hydrogens is 371 g/mol. The molecule has 1 heterocycles. The zero-order valence-corrected chi connectivity index (χ0v) is 16.4. The van der Waals surface area contributed by atoms with Crippen LogP contribution in [0.3, 0.4) is 0 Å². The van der Waals surface area contributed by atoms with Gasteiger partial charge in [0.05, 0.1) is 7.11 Å². The fourth-order valence-electron chi connectivity index (χ4n) is 4.12. The summed E-state index contributed by atoms with van der Waals surface area (Å²) >= 11 is 0. The number of rotatable bonds is 6. The molecule has 1 aliphatic heterocycles. The topological polar surface area (TPSA) is 58.6 Å². The van der Waals surface area contributed by atoms with Gasteiger partial charge in [-0.15, -0.1) is 0 Å². The van der Waals surface area contributed by atoms with Crippen molar-refractivity contribution in [2.75, 3.05) is 20.2 Å². The number of nitrogens with zero attached hydrogens (tertiary/aromatic N) is 1. The molecule has 0 bridgehead atoms. The largest absolute Gasteiger partial charge is 0.497 e. The lowest BCUT2D eigenvalue weighted by Crippen LogP contribution is -2.52. The molecule has 2 amide bonds. The van der Waals surface area contributed by atoms with E-state index in [0.29, 0.717) is 31.0 Å². The number of carbonyl (C=O) groups excluding carboxylic acids is 2. The fraction of sp³-hybridized carbons (Fsp3) is 0.391. The Balaban J connectivity index is 1.55. The summed E-state index contributed by atoms with van der Waals surface area (Å²) in [4.78, 5) is 27.5. The molecule has 2 aromatic carbocycles. The van der Waals surface area contributed by atoms with Crippen LogP contribution in [0.1, 0.15) is 42.3 Å². The van der Waals surface area contributed by atoms with Crippen LogP contribution in [0.2, 0.25) is 0 Å². The van der Waals surface area contributed by atoms with E-state index >= 15 is 0 Å². The Kier molecular flexibility index (Phi) is 5.51. The molecule has 5 nitrogen and oxygen atoms in total. The number of piperazine rings is 1. The normalized spacial score (nSPS) is 20.1. The third-order valence-corrected chi connectivity index (χ3v) is 5.85. The minimum absolute atomic E-state index is 0.0399. The number of benzene rings is 2. The van der Waals surface area contributed by atoms with Gasteiger partial charge in [-0.05, 0) is 60.1 Å². The summed E-state index contributed by atoms with van der Waals surface area (Å²) in [6, 6.07) is 13.0. The van der Waals surface area contributed by atoms with E-state index in [2.05, 4.69) is 5.32 Å². The first kappa shape index (κ1) is 19.4. The maximum atomic E-state index is 13.3. The molecule has 2 aromatic rings. The number of hydrogen-bond acceptors (Lipinski definition) is 3. The van der Waals surface area contributed by atoms with E-state index in [-0.39, 0.29) is 23.5 Å². The summed E-state index contributed by atoms with van der Waals surface area (Å²) in [6.45, 7) is 0.880. The van der Waals surface area contributed by atoms with Gasteiger partial charge in [0, 0.05) is 19.5 Å². The minimum atomic E-state index is -0.715. The molecule has 1 saturated heterocycles. The second kappa shape index (κ2) is 8.23. The fourth-order valence-corrected chi connectivity index (χ4v) is 4.12. The van der Waals surface area contributed by atoms with Crippen LogP contribution in [0.5, 0.6) is 5.75 Å². The van der Waals surface area contributed by atoms with Crippen LogP contribution in [0, 0.1) is 11.7 Å². The molecule has 6 heteroatoms. The summed E-state index contributed by atoms with van der Waals surface area (Å²) in [7, 11) is 1.63. The van der Waals surface area contributed by atoms with Crippen molar-refractivity contribution in [3.05, 3.63) is 65.5 Å². The van der Waals surface area contributed by atoms with E-state index in [4.69, 9.17) is 4.74 Å². The van der Waals surface area contributed by atoms with E-state index in [1.807, 2.05) is 24.3 Å². The van der Waals surface area contributed by atoms with Crippen LogP contribution < -0.4 is 10.1 Å². The Morgan fingerprint density at radius 1 is 1.17 bits per heavy atom. The van der Waals surface area contributed by atoms with Crippen LogP contribution >= 0.6 is 0 Å². The van der Waals surface area contributed by atoms with Crippen molar-refractivity contribution < 1.29 is 18.7 Å². The highest BCUT2D eigenvalue weighted by Crippen LogP contribution is 2.45. The SMILES string of the molecule is COc1ccc(C(CC(=O)N2CCNC(=O)C2c2ccc(F)cc2)C2CC2)cc1. The van der Waals surface area contributed by atoms with Gasteiger partial charge >= 0.3 is 0 Å². The Hall–Kier alpha value is -2.89. The summed E-state index contributed by atoms with van der Waals surface area (Å²) in [5.74, 6) is 0.794. The summed E-state index contributed by atoms with van der Waals surface area (Å²) in [6.07, 6.45) is 2.60. The van der Waals surface area contributed by atoms with Crippen molar-refractivity contribution in [3.63, 3.8) is 0 Å². The second-order valence-corrected chi connectivity index (χ2v) is 7.75. The van der Waals surface area contributed by atoms with Crippen LogP contribution in [0.25, 0.3) is 0 Å². The van der Waals surface area contributed by atoms with E-state index in [1.54, 1.807) is 24.1 Å². The molecule has 2 atom stereocenters. The molecule has 1 saturated carbocycles. The highest BCUT2D eigenvalue weighted by atomic mass is 19.1. The number of methoxy groups -OCH3 is 1. The number of amides is 2. The average molecular weight is 396 g/mol. The molecule has 2 fully saturated rings. The molecule has 2 unspecified atom stereocenters. The lowest BCUT2D eigenvalue weighted by molar-refractivity contribution is -0.144. The number of hydrogen-bond donors (Lipinski definition) is 1. The van der Waals surface area contributed by atoms with Gasteiger partial charge in [-0.3, -0.25) is 9.59 Å². The molecule has 0 aromatic heterocycles. The van der Waals surface area contributed by atoms with Crippen molar-refractivity contribution in [3.8, 4) is 5.75 Å². The third kappa shape index (κ3) is 4.26. The molecule has 2 aliphatic rings.